The molecule has 5 atom stereocenters. The molecule has 0 aliphatic carbocycles. The van der Waals surface area contributed by atoms with E-state index in [1.807, 2.05) is 0 Å². The Kier molecular flexibility index (Phi) is 6.80. The van der Waals surface area contributed by atoms with Crippen molar-refractivity contribution in [1.29, 1.82) is 0 Å². The topological polar surface area (TPSA) is 55.8 Å². The second-order valence-corrected chi connectivity index (χ2v) is 5.75. The van der Waals surface area contributed by atoms with Crippen LogP contribution in [0.2, 0.25) is 0 Å². The zero-order chi connectivity index (χ0) is 14.4. The van der Waals surface area contributed by atoms with E-state index < -0.39 is 5.97 Å². The molecule has 1 heterocycles. The normalized spacial score (nSPS) is 35.3. The van der Waals surface area contributed by atoms with E-state index in [0.29, 0.717) is 30.8 Å². The van der Waals surface area contributed by atoms with Crippen molar-refractivity contribution in [2.45, 2.75) is 65.8 Å². The standard InChI is InChI=1S/C15H28O4/c1-5-13-11(3)10(2)12(4)15(19-13)18-9-7-6-8-14(16)17/h10-13,15H,5-9H2,1-4H3,(H,16,17)/t10-,11-,12?,13?,15+/m0/s1. The van der Waals surface area contributed by atoms with Crippen molar-refractivity contribution >= 4 is 5.97 Å². The number of carboxylic acids is 1. The van der Waals surface area contributed by atoms with Gasteiger partial charge in [0.2, 0.25) is 0 Å². The monoisotopic (exact) mass is 272 g/mol. The van der Waals surface area contributed by atoms with Crippen LogP contribution in [0.25, 0.3) is 0 Å². The van der Waals surface area contributed by atoms with E-state index in [-0.39, 0.29) is 18.8 Å². The summed E-state index contributed by atoms with van der Waals surface area (Å²) in [6.07, 6.45) is 2.81. The lowest BCUT2D eigenvalue weighted by Crippen LogP contribution is -2.45. The molecule has 1 N–H and O–H groups in total. The number of rotatable bonds is 7. The Hall–Kier alpha value is -0.610. The lowest BCUT2D eigenvalue weighted by Gasteiger charge is -2.43. The van der Waals surface area contributed by atoms with Crippen molar-refractivity contribution in [3.63, 3.8) is 0 Å². The molecule has 1 saturated heterocycles. The number of carboxylic acid groups (broad SMARTS) is 1. The highest BCUT2D eigenvalue weighted by molar-refractivity contribution is 5.66. The van der Waals surface area contributed by atoms with Crippen LogP contribution < -0.4 is 0 Å². The number of ether oxygens (including phenoxy) is 2. The minimum absolute atomic E-state index is 0.138. The van der Waals surface area contributed by atoms with E-state index in [2.05, 4.69) is 27.7 Å². The molecule has 0 aromatic heterocycles. The Morgan fingerprint density at radius 3 is 2.42 bits per heavy atom. The first-order valence-electron chi connectivity index (χ1n) is 7.46. The van der Waals surface area contributed by atoms with Gasteiger partial charge in [-0.25, -0.2) is 0 Å². The molecule has 4 nitrogen and oxygen atoms in total. The van der Waals surface area contributed by atoms with E-state index in [0.717, 1.165) is 12.8 Å². The highest BCUT2D eigenvalue weighted by atomic mass is 16.7. The van der Waals surface area contributed by atoms with Gasteiger partial charge in [0, 0.05) is 18.9 Å². The fourth-order valence-electron chi connectivity index (χ4n) is 2.72. The number of unbranched alkanes of at least 4 members (excludes halogenated alkanes) is 1. The number of hydrogen-bond acceptors (Lipinski definition) is 3. The summed E-state index contributed by atoms with van der Waals surface area (Å²) in [6, 6.07) is 0. The van der Waals surface area contributed by atoms with E-state index in [1.165, 1.54) is 0 Å². The highest BCUT2D eigenvalue weighted by Crippen LogP contribution is 2.36. The molecule has 0 aromatic rings. The molecule has 0 spiro atoms. The zero-order valence-electron chi connectivity index (χ0n) is 12.6. The van der Waals surface area contributed by atoms with Gasteiger partial charge in [0.15, 0.2) is 6.29 Å². The molecular formula is C15H28O4. The summed E-state index contributed by atoms with van der Waals surface area (Å²) in [7, 11) is 0. The number of carbonyl (C=O) groups is 1. The quantitative estimate of drug-likeness (QED) is 0.722. The first kappa shape index (κ1) is 16.4. The van der Waals surface area contributed by atoms with Crippen LogP contribution >= 0.6 is 0 Å². The van der Waals surface area contributed by atoms with Crippen LogP contribution in [0.5, 0.6) is 0 Å². The van der Waals surface area contributed by atoms with Gasteiger partial charge in [-0.3, -0.25) is 4.79 Å². The van der Waals surface area contributed by atoms with Crippen LogP contribution in [0.3, 0.4) is 0 Å². The Balaban J connectivity index is 2.33. The van der Waals surface area contributed by atoms with Crippen LogP contribution in [-0.4, -0.2) is 30.1 Å². The van der Waals surface area contributed by atoms with Gasteiger partial charge in [-0.1, -0.05) is 27.7 Å². The third-order valence-corrected chi connectivity index (χ3v) is 4.45. The van der Waals surface area contributed by atoms with Crippen molar-refractivity contribution in [3.05, 3.63) is 0 Å². The minimum Gasteiger partial charge on any atom is -0.481 e. The van der Waals surface area contributed by atoms with E-state index in [9.17, 15) is 4.79 Å². The van der Waals surface area contributed by atoms with Crippen LogP contribution in [0, 0.1) is 17.8 Å². The van der Waals surface area contributed by atoms with Crippen LogP contribution in [-0.2, 0) is 14.3 Å². The van der Waals surface area contributed by atoms with Gasteiger partial charge < -0.3 is 14.6 Å². The van der Waals surface area contributed by atoms with Gasteiger partial charge in [-0.15, -0.1) is 0 Å². The highest BCUT2D eigenvalue weighted by Gasteiger charge is 2.38. The molecule has 1 aliphatic heterocycles. The Morgan fingerprint density at radius 1 is 1.16 bits per heavy atom. The van der Waals surface area contributed by atoms with Gasteiger partial charge in [0.1, 0.15) is 0 Å². The number of hydrogen-bond donors (Lipinski definition) is 1. The Morgan fingerprint density at radius 2 is 1.84 bits per heavy atom. The fraction of sp³-hybridized carbons (Fsp3) is 0.933. The van der Waals surface area contributed by atoms with Crippen molar-refractivity contribution in [2.75, 3.05) is 6.61 Å². The van der Waals surface area contributed by atoms with Crippen LogP contribution in [0.1, 0.15) is 53.4 Å². The predicted molar refractivity (Wildman–Crippen MR) is 73.9 cm³/mol. The molecule has 0 aromatic carbocycles. The van der Waals surface area contributed by atoms with Gasteiger partial charge in [0.05, 0.1) is 6.10 Å². The van der Waals surface area contributed by atoms with Gasteiger partial charge in [0.25, 0.3) is 0 Å². The summed E-state index contributed by atoms with van der Waals surface area (Å²) < 4.78 is 11.8. The molecule has 19 heavy (non-hydrogen) atoms. The zero-order valence-corrected chi connectivity index (χ0v) is 12.6. The second-order valence-electron chi connectivity index (χ2n) is 5.75. The van der Waals surface area contributed by atoms with Gasteiger partial charge in [-0.2, -0.15) is 0 Å². The SMILES string of the molecule is CCC1O[C@@H](OCCCCC(=O)O)C(C)[C@@H](C)[C@@H]1C. The smallest absolute Gasteiger partial charge is 0.303 e. The van der Waals surface area contributed by atoms with Crippen LogP contribution in [0.15, 0.2) is 0 Å². The van der Waals surface area contributed by atoms with E-state index >= 15 is 0 Å². The molecule has 1 aliphatic rings. The fourth-order valence-corrected chi connectivity index (χ4v) is 2.72. The molecule has 1 fully saturated rings. The molecule has 1 rings (SSSR count). The van der Waals surface area contributed by atoms with Crippen molar-refractivity contribution < 1.29 is 19.4 Å². The minimum atomic E-state index is -0.740. The molecule has 0 saturated carbocycles. The molecule has 112 valence electrons. The summed E-state index contributed by atoms with van der Waals surface area (Å²) >= 11 is 0. The molecule has 0 bridgehead atoms. The molecule has 4 heteroatoms. The van der Waals surface area contributed by atoms with Crippen LogP contribution in [0.4, 0.5) is 0 Å². The van der Waals surface area contributed by atoms with E-state index in [4.69, 9.17) is 14.6 Å². The Labute approximate surface area is 116 Å². The summed E-state index contributed by atoms with van der Waals surface area (Å²) in [5.74, 6) is 0.794. The molecule has 0 amide bonds. The predicted octanol–water partition coefficient (Wildman–Crippen LogP) is 3.30. The maximum Gasteiger partial charge on any atom is 0.303 e. The van der Waals surface area contributed by atoms with Crippen molar-refractivity contribution in [2.24, 2.45) is 17.8 Å². The van der Waals surface area contributed by atoms with Gasteiger partial charge >= 0.3 is 5.97 Å². The van der Waals surface area contributed by atoms with Crippen molar-refractivity contribution in [3.8, 4) is 0 Å². The van der Waals surface area contributed by atoms with Crippen molar-refractivity contribution in [1.82, 2.24) is 0 Å². The third kappa shape index (κ3) is 4.77. The average Bonchev–Trinajstić information content (AvgIpc) is 2.37. The van der Waals surface area contributed by atoms with Gasteiger partial charge in [-0.05, 0) is 31.1 Å². The summed E-state index contributed by atoms with van der Waals surface area (Å²) in [4.78, 5) is 10.4. The lowest BCUT2D eigenvalue weighted by atomic mass is 9.78. The number of aliphatic carboxylic acids is 1. The largest absolute Gasteiger partial charge is 0.481 e. The maximum absolute atomic E-state index is 10.4. The summed E-state index contributed by atoms with van der Waals surface area (Å²) in [5.41, 5.74) is 0. The molecular weight excluding hydrogens is 244 g/mol. The second kappa shape index (κ2) is 7.85. The third-order valence-electron chi connectivity index (χ3n) is 4.45. The Bertz CT molecular complexity index is 277. The maximum atomic E-state index is 10.4. The molecule has 2 unspecified atom stereocenters. The lowest BCUT2D eigenvalue weighted by molar-refractivity contribution is -0.248. The summed E-state index contributed by atoms with van der Waals surface area (Å²) in [5, 5.41) is 8.57. The van der Waals surface area contributed by atoms with E-state index in [1.54, 1.807) is 0 Å². The first-order chi connectivity index (χ1) is 8.97. The molecule has 0 radical (unpaired) electrons. The average molecular weight is 272 g/mol. The first-order valence-corrected chi connectivity index (χ1v) is 7.46. The summed E-state index contributed by atoms with van der Waals surface area (Å²) in [6.45, 7) is 9.42.